The molecule has 1 aromatic carbocycles. The second-order valence-corrected chi connectivity index (χ2v) is 5.80. The van der Waals surface area contributed by atoms with Gasteiger partial charge in [-0.05, 0) is 24.3 Å². The van der Waals surface area contributed by atoms with E-state index >= 15 is 0 Å². The topological polar surface area (TPSA) is 83.6 Å². The lowest BCUT2D eigenvalue weighted by molar-refractivity contribution is -0.118. The molecule has 6 nitrogen and oxygen atoms in total. The SMILES string of the molecule is Cn1c(SCC(=O)NCCC#N)nnc1-c1ccc(Cl)cc1. The lowest BCUT2D eigenvalue weighted by Crippen LogP contribution is -2.26. The number of hydrogen-bond acceptors (Lipinski definition) is 5. The van der Waals surface area contributed by atoms with Crippen LogP contribution in [0.5, 0.6) is 0 Å². The number of nitriles is 1. The Kier molecular flexibility index (Phi) is 5.81. The van der Waals surface area contributed by atoms with Gasteiger partial charge in [0.1, 0.15) is 0 Å². The van der Waals surface area contributed by atoms with Crippen LogP contribution in [-0.2, 0) is 11.8 Å². The van der Waals surface area contributed by atoms with Crippen LogP contribution in [0, 0.1) is 11.3 Å². The highest BCUT2D eigenvalue weighted by atomic mass is 35.5. The van der Waals surface area contributed by atoms with Crippen molar-refractivity contribution in [3.8, 4) is 17.5 Å². The molecule has 0 atom stereocenters. The molecule has 1 aromatic heterocycles. The number of benzene rings is 1. The molecule has 0 radical (unpaired) electrons. The van der Waals surface area contributed by atoms with Crippen LogP contribution in [-0.4, -0.2) is 33.0 Å². The van der Waals surface area contributed by atoms with E-state index in [0.717, 1.165) is 5.56 Å². The van der Waals surface area contributed by atoms with Crippen molar-refractivity contribution in [2.45, 2.75) is 11.6 Å². The van der Waals surface area contributed by atoms with Crippen LogP contribution in [0.25, 0.3) is 11.4 Å². The number of nitrogens with one attached hydrogen (secondary N) is 1. The molecule has 0 fully saturated rings. The molecule has 0 bridgehead atoms. The second kappa shape index (κ2) is 7.82. The molecule has 1 N–H and O–H groups in total. The second-order valence-electron chi connectivity index (χ2n) is 4.42. The molecule has 2 rings (SSSR count). The van der Waals surface area contributed by atoms with E-state index in [4.69, 9.17) is 16.9 Å². The van der Waals surface area contributed by atoms with E-state index in [9.17, 15) is 4.79 Å². The van der Waals surface area contributed by atoms with E-state index < -0.39 is 0 Å². The lowest BCUT2D eigenvalue weighted by atomic mass is 10.2. The zero-order valence-electron chi connectivity index (χ0n) is 11.9. The van der Waals surface area contributed by atoms with Crippen molar-refractivity contribution < 1.29 is 4.79 Å². The maximum absolute atomic E-state index is 11.6. The molecule has 0 aliphatic rings. The number of aromatic nitrogens is 3. The third kappa shape index (κ3) is 4.23. The maximum Gasteiger partial charge on any atom is 0.230 e. The summed E-state index contributed by atoms with van der Waals surface area (Å²) in [5, 5.41) is 20.6. The molecule has 0 spiro atoms. The predicted octanol–water partition coefficient (Wildman–Crippen LogP) is 2.26. The molecule has 0 saturated carbocycles. The molecule has 22 heavy (non-hydrogen) atoms. The molecular weight excluding hydrogens is 322 g/mol. The van der Waals surface area contributed by atoms with E-state index in [1.807, 2.05) is 29.8 Å². The van der Waals surface area contributed by atoms with Crippen molar-refractivity contribution in [2.75, 3.05) is 12.3 Å². The predicted molar refractivity (Wildman–Crippen MR) is 85.4 cm³/mol. The van der Waals surface area contributed by atoms with Crippen LogP contribution in [0.1, 0.15) is 6.42 Å². The summed E-state index contributed by atoms with van der Waals surface area (Å²) in [6.07, 6.45) is 0.307. The average molecular weight is 336 g/mol. The first kappa shape index (κ1) is 16.3. The smallest absolute Gasteiger partial charge is 0.230 e. The van der Waals surface area contributed by atoms with Crippen LogP contribution in [0.4, 0.5) is 0 Å². The third-order valence-corrected chi connectivity index (χ3v) is 4.10. The number of carbonyl (C=O) groups excluding carboxylic acids is 1. The number of rotatable bonds is 6. The monoisotopic (exact) mass is 335 g/mol. The van der Waals surface area contributed by atoms with Crippen LogP contribution >= 0.6 is 23.4 Å². The summed E-state index contributed by atoms with van der Waals surface area (Å²) in [4.78, 5) is 11.6. The van der Waals surface area contributed by atoms with Gasteiger partial charge >= 0.3 is 0 Å². The summed E-state index contributed by atoms with van der Waals surface area (Å²) in [5.41, 5.74) is 0.907. The van der Waals surface area contributed by atoms with Crippen molar-refractivity contribution >= 4 is 29.3 Å². The minimum atomic E-state index is -0.128. The highest BCUT2D eigenvalue weighted by Crippen LogP contribution is 2.23. The first-order valence-corrected chi connectivity index (χ1v) is 7.90. The number of carbonyl (C=O) groups is 1. The van der Waals surface area contributed by atoms with Gasteiger partial charge in [-0.3, -0.25) is 4.79 Å². The molecule has 0 saturated heterocycles. The normalized spacial score (nSPS) is 10.2. The van der Waals surface area contributed by atoms with Crippen molar-refractivity contribution in [3.05, 3.63) is 29.3 Å². The Morgan fingerprint density at radius 1 is 1.41 bits per heavy atom. The Balaban J connectivity index is 1.98. The number of hydrogen-bond donors (Lipinski definition) is 1. The lowest BCUT2D eigenvalue weighted by Gasteiger charge is -2.04. The standard InChI is InChI=1S/C14H14ClN5OS/c1-20-13(10-3-5-11(15)6-4-10)18-19-14(20)22-9-12(21)17-8-2-7-16/h3-6H,2,8-9H2,1H3,(H,17,21). The Labute approximate surface area is 137 Å². The van der Waals surface area contributed by atoms with Gasteiger partial charge in [-0.25, -0.2) is 0 Å². The van der Waals surface area contributed by atoms with Gasteiger partial charge in [-0.1, -0.05) is 23.4 Å². The van der Waals surface area contributed by atoms with E-state index in [1.54, 1.807) is 12.1 Å². The summed E-state index contributed by atoms with van der Waals surface area (Å²) >= 11 is 7.17. The van der Waals surface area contributed by atoms with Crippen molar-refractivity contribution in [2.24, 2.45) is 7.05 Å². The molecule has 0 aliphatic carbocycles. The molecule has 1 amide bonds. The zero-order chi connectivity index (χ0) is 15.9. The largest absolute Gasteiger partial charge is 0.354 e. The van der Waals surface area contributed by atoms with Gasteiger partial charge < -0.3 is 9.88 Å². The fourth-order valence-electron chi connectivity index (χ4n) is 1.73. The molecule has 0 aliphatic heterocycles. The van der Waals surface area contributed by atoms with Gasteiger partial charge in [0.2, 0.25) is 5.91 Å². The fraction of sp³-hybridized carbons (Fsp3) is 0.286. The number of thioether (sulfide) groups is 1. The minimum Gasteiger partial charge on any atom is -0.354 e. The Morgan fingerprint density at radius 3 is 2.82 bits per heavy atom. The third-order valence-electron chi connectivity index (χ3n) is 2.83. The fourth-order valence-corrected chi connectivity index (χ4v) is 2.60. The number of halogens is 1. The molecule has 8 heteroatoms. The average Bonchev–Trinajstić information content (AvgIpc) is 2.87. The van der Waals surface area contributed by atoms with E-state index in [2.05, 4.69) is 15.5 Å². The zero-order valence-corrected chi connectivity index (χ0v) is 13.5. The van der Waals surface area contributed by atoms with Gasteiger partial charge in [-0.15, -0.1) is 10.2 Å². The summed E-state index contributed by atoms with van der Waals surface area (Å²) in [6, 6.07) is 9.30. The van der Waals surface area contributed by atoms with Gasteiger partial charge in [0.25, 0.3) is 0 Å². The first-order valence-electron chi connectivity index (χ1n) is 6.53. The van der Waals surface area contributed by atoms with Gasteiger partial charge in [0, 0.05) is 24.2 Å². The summed E-state index contributed by atoms with van der Waals surface area (Å²) in [7, 11) is 1.85. The minimum absolute atomic E-state index is 0.128. The maximum atomic E-state index is 11.6. The van der Waals surface area contributed by atoms with Crippen LogP contribution in [0.15, 0.2) is 29.4 Å². The van der Waals surface area contributed by atoms with Crippen molar-refractivity contribution in [1.82, 2.24) is 20.1 Å². The summed E-state index contributed by atoms with van der Waals surface area (Å²) in [5.74, 6) is 0.818. The first-order chi connectivity index (χ1) is 10.6. The quantitative estimate of drug-likeness (QED) is 0.646. The van der Waals surface area contributed by atoms with Gasteiger partial charge in [-0.2, -0.15) is 5.26 Å². The number of nitrogens with zero attached hydrogens (tertiary/aromatic N) is 4. The molecule has 1 heterocycles. The molecule has 0 unspecified atom stereocenters. The van der Waals surface area contributed by atoms with E-state index in [1.165, 1.54) is 11.8 Å². The number of amides is 1. The molecule has 114 valence electrons. The molecular formula is C14H14ClN5OS. The van der Waals surface area contributed by atoms with Gasteiger partial charge in [0.05, 0.1) is 18.2 Å². The van der Waals surface area contributed by atoms with Crippen LogP contribution in [0.2, 0.25) is 5.02 Å². The van der Waals surface area contributed by atoms with E-state index in [0.29, 0.717) is 29.0 Å². The van der Waals surface area contributed by atoms with Gasteiger partial charge in [0.15, 0.2) is 11.0 Å². The van der Waals surface area contributed by atoms with Crippen molar-refractivity contribution in [3.63, 3.8) is 0 Å². The highest BCUT2D eigenvalue weighted by molar-refractivity contribution is 7.99. The molecule has 2 aromatic rings. The van der Waals surface area contributed by atoms with Crippen LogP contribution in [0.3, 0.4) is 0 Å². The van der Waals surface area contributed by atoms with E-state index in [-0.39, 0.29) is 11.7 Å². The van der Waals surface area contributed by atoms with Crippen molar-refractivity contribution in [1.29, 1.82) is 5.26 Å². The summed E-state index contributed by atoms with van der Waals surface area (Å²) in [6.45, 7) is 0.366. The highest BCUT2D eigenvalue weighted by Gasteiger charge is 2.12. The Bertz CT molecular complexity index is 692. The summed E-state index contributed by atoms with van der Waals surface area (Å²) < 4.78 is 1.83. The van der Waals surface area contributed by atoms with Crippen LogP contribution < -0.4 is 5.32 Å². The Morgan fingerprint density at radius 2 is 2.14 bits per heavy atom. The Hall–Kier alpha value is -2.04.